The first-order valence-electron chi connectivity index (χ1n) is 9.68. The molecule has 1 saturated heterocycles. The number of carboxylic acids is 1. The van der Waals surface area contributed by atoms with Gasteiger partial charge in [-0.1, -0.05) is 24.3 Å². The van der Waals surface area contributed by atoms with Crippen molar-refractivity contribution in [1.82, 2.24) is 9.88 Å². The zero-order valence-corrected chi connectivity index (χ0v) is 19.3. The van der Waals surface area contributed by atoms with Gasteiger partial charge < -0.3 is 21.5 Å². The Morgan fingerprint density at radius 1 is 1.09 bits per heavy atom. The Morgan fingerprint density at radius 3 is 2.48 bits per heavy atom. The highest BCUT2D eigenvalue weighted by molar-refractivity contribution is 9.10. The van der Waals surface area contributed by atoms with Gasteiger partial charge in [0.05, 0.1) is 16.8 Å². The summed E-state index contributed by atoms with van der Waals surface area (Å²) in [7, 11) is 0. The number of fused-ring (bicyclic) bond motifs is 1. The Hall–Kier alpha value is -3.35. The summed E-state index contributed by atoms with van der Waals surface area (Å²) in [5.74, 6) is -2.14. The zero-order chi connectivity index (χ0) is 23.8. The number of carbonyl (C=O) groups is 4. The molecule has 0 bridgehead atoms. The summed E-state index contributed by atoms with van der Waals surface area (Å²) < 4.78 is 1.50. The normalized spacial score (nSPS) is 17.6. The van der Waals surface area contributed by atoms with Crippen LogP contribution in [0.4, 0.5) is 16.3 Å². The second kappa shape index (κ2) is 8.89. The molecular formula is C21H18BrN5O5S. The summed E-state index contributed by atoms with van der Waals surface area (Å²) in [6.07, 6.45) is 0. The molecule has 0 unspecified atom stereocenters. The lowest BCUT2D eigenvalue weighted by atomic mass is 10.1. The summed E-state index contributed by atoms with van der Waals surface area (Å²) >= 11 is 4.31. The van der Waals surface area contributed by atoms with Gasteiger partial charge in [-0.25, -0.2) is 14.2 Å². The molecule has 0 spiro atoms. The largest absolute Gasteiger partial charge is 0.478 e. The molecule has 10 nitrogen and oxygen atoms in total. The lowest BCUT2D eigenvalue weighted by Crippen LogP contribution is -2.57. The maximum atomic E-state index is 13.4. The standard InChI is InChI=1S/C21H18BrN5O5S/c22-13-6-3-5-12(17(28)29)16(13)26-19(31)21(24-8-9-33-21)18(30)25-15-10-11-4-1-2-7-14(11)27(15)20(23)32/h1-7,10,24H,8-9H2,(H2,23,32)(H,25,30)(H,26,31)(H,28,29)/t21-/m1/s1. The second-order valence-electron chi connectivity index (χ2n) is 7.09. The first-order chi connectivity index (χ1) is 15.7. The lowest BCUT2D eigenvalue weighted by molar-refractivity contribution is -0.128. The van der Waals surface area contributed by atoms with Crippen LogP contribution in [-0.2, 0) is 9.59 Å². The van der Waals surface area contributed by atoms with Gasteiger partial charge in [-0.15, -0.1) is 11.8 Å². The number of halogens is 1. The van der Waals surface area contributed by atoms with Crippen molar-refractivity contribution in [2.75, 3.05) is 22.9 Å². The molecule has 0 aliphatic carbocycles. The van der Waals surface area contributed by atoms with Crippen molar-refractivity contribution in [3.63, 3.8) is 0 Å². The van der Waals surface area contributed by atoms with Gasteiger partial charge in [-0.3, -0.25) is 14.9 Å². The third kappa shape index (κ3) is 4.08. The molecule has 4 rings (SSSR count). The molecule has 170 valence electrons. The van der Waals surface area contributed by atoms with Gasteiger partial charge in [0.15, 0.2) is 0 Å². The van der Waals surface area contributed by atoms with E-state index >= 15 is 0 Å². The number of hydrogen-bond acceptors (Lipinski definition) is 6. The van der Waals surface area contributed by atoms with Crippen molar-refractivity contribution in [3.8, 4) is 0 Å². The van der Waals surface area contributed by atoms with Crippen molar-refractivity contribution in [1.29, 1.82) is 0 Å². The van der Waals surface area contributed by atoms with Crippen molar-refractivity contribution in [2.24, 2.45) is 5.73 Å². The topological polar surface area (TPSA) is 156 Å². The number of carbonyl (C=O) groups excluding carboxylic acids is 3. The molecule has 33 heavy (non-hydrogen) atoms. The molecule has 0 radical (unpaired) electrons. The Kier molecular flexibility index (Phi) is 6.15. The molecule has 1 atom stereocenters. The van der Waals surface area contributed by atoms with E-state index in [-0.39, 0.29) is 17.1 Å². The van der Waals surface area contributed by atoms with Crippen molar-refractivity contribution >= 4 is 73.9 Å². The van der Waals surface area contributed by atoms with E-state index in [9.17, 15) is 24.3 Å². The molecule has 2 aromatic carbocycles. The fourth-order valence-corrected chi connectivity index (χ4v) is 5.14. The van der Waals surface area contributed by atoms with E-state index in [0.29, 0.717) is 27.7 Å². The van der Waals surface area contributed by atoms with Gasteiger partial charge in [0, 0.05) is 22.2 Å². The number of aromatic carboxylic acids is 1. The van der Waals surface area contributed by atoms with Crippen LogP contribution < -0.4 is 21.7 Å². The fourth-order valence-electron chi connectivity index (χ4n) is 3.60. The molecule has 3 amide bonds. The predicted octanol–water partition coefficient (Wildman–Crippen LogP) is 2.64. The monoisotopic (exact) mass is 531 g/mol. The Labute approximate surface area is 200 Å². The van der Waals surface area contributed by atoms with Crippen LogP contribution in [0.2, 0.25) is 0 Å². The van der Waals surface area contributed by atoms with Crippen LogP contribution in [0.5, 0.6) is 0 Å². The third-order valence-corrected chi connectivity index (χ3v) is 7.11. The number of anilines is 2. The Morgan fingerprint density at radius 2 is 1.82 bits per heavy atom. The molecule has 0 saturated carbocycles. The number of aromatic nitrogens is 1. The SMILES string of the molecule is NC(=O)n1c(NC(=O)[C@@]2(C(=O)Nc3c(Br)cccc3C(=O)O)NCCS2)cc2ccccc21. The Balaban J connectivity index is 1.68. The summed E-state index contributed by atoms with van der Waals surface area (Å²) in [4.78, 5) is 48.6. The van der Waals surface area contributed by atoms with Crippen LogP contribution in [-0.4, -0.2) is 50.7 Å². The minimum absolute atomic E-state index is 0.0303. The maximum absolute atomic E-state index is 13.4. The highest BCUT2D eigenvalue weighted by atomic mass is 79.9. The molecule has 12 heteroatoms. The van der Waals surface area contributed by atoms with Crippen LogP contribution in [0.1, 0.15) is 10.4 Å². The van der Waals surface area contributed by atoms with Crippen molar-refractivity contribution in [3.05, 3.63) is 58.6 Å². The number of rotatable bonds is 5. The van der Waals surface area contributed by atoms with E-state index < -0.39 is 28.7 Å². The van der Waals surface area contributed by atoms with E-state index in [1.807, 2.05) is 0 Å². The van der Waals surface area contributed by atoms with Crippen molar-refractivity contribution < 1.29 is 24.3 Å². The minimum atomic E-state index is -1.76. The highest BCUT2D eigenvalue weighted by Gasteiger charge is 2.50. The molecule has 6 N–H and O–H groups in total. The first-order valence-corrected chi connectivity index (χ1v) is 11.5. The Bertz CT molecular complexity index is 1300. The minimum Gasteiger partial charge on any atom is -0.478 e. The van der Waals surface area contributed by atoms with Gasteiger partial charge in [0.1, 0.15) is 5.82 Å². The maximum Gasteiger partial charge on any atom is 0.337 e. The van der Waals surface area contributed by atoms with E-state index in [1.54, 1.807) is 36.4 Å². The van der Waals surface area contributed by atoms with Gasteiger partial charge in [-0.2, -0.15) is 0 Å². The fraction of sp³-hybridized carbons (Fsp3) is 0.143. The van der Waals surface area contributed by atoms with Crippen LogP contribution in [0.15, 0.2) is 53.0 Å². The first kappa shape index (κ1) is 22.8. The number of benzene rings is 2. The highest BCUT2D eigenvalue weighted by Crippen LogP contribution is 2.34. The average Bonchev–Trinajstić information content (AvgIpc) is 3.40. The van der Waals surface area contributed by atoms with E-state index in [4.69, 9.17) is 5.73 Å². The number of para-hydroxylation sites is 2. The van der Waals surface area contributed by atoms with Crippen LogP contribution >= 0.6 is 27.7 Å². The summed E-state index contributed by atoms with van der Waals surface area (Å²) in [5, 5.41) is 18.3. The van der Waals surface area contributed by atoms with Crippen LogP contribution in [0.3, 0.4) is 0 Å². The van der Waals surface area contributed by atoms with Gasteiger partial charge in [0.2, 0.25) is 4.87 Å². The smallest absolute Gasteiger partial charge is 0.337 e. The summed E-state index contributed by atoms with van der Waals surface area (Å²) in [6.45, 7) is 0.367. The molecule has 1 aliphatic heterocycles. The van der Waals surface area contributed by atoms with Crippen LogP contribution in [0.25, 0.3) is 10.9 Å². The molecule has 1 fully saturated rings. The number of nitrogens with zero attached hydrogens (tertiary/aromatic N) is 1. The number of amides is 3. The summed E-state index contributed by atoms with van der Waals surface area (Å²) in [5.41, 5.74) is 5.92. The van der Waals surface area contributed by atoms with E-state index in [2.05, 4.69) is 31.9 Å². The molecule has 1 aromatic heterocycles. The molecule has 2 heterocycles. The number of thioether (sulfide) groups is 1. The molecule has 3 aromatic rings. The van der Waals surface area contributed by atoms with E-state index in [1.165, 1.54) is 12.1 Å². The number of hydrogen-bond donors (Lipinski definition) is 5. The van der Waals surface area contributed by atoms with Crippen LogP contribution in [0, 0.1) is 0 Å². The second-order valence-corrected chi connectivity index (χ2v) is 9.26. The van der Waals surface area contributed by atoms with Gasteiger partial charge in [-0.05, 0) is 40.2 Å². The quantitative estimate of drug-likeness (QED) is 0.317. The number of carboxylic acid groups (broad SMARTS) is 1. The number of nitrogens with one attached hydrogen (secondary N) is 3. The van der Waals surface area contributed by atoms with Gasteiger partial charge >= 0.3 is 12.0 Å². The van der Waals surface area contributed by atoms with E-state index in [0.717, 1.165) is 16.3 Å². The molecule has 1 aliphatic rings. The van der Waals surface area contributed by atoms with Gasteiger partial charge in [0.25, 0.3) is 11.8 Å². The lowest BCUT2D eigenvalue weighted by Gasteiger charge is -2.26. The predicted molar refractivity (Wildman–Crippen MR) is 128 cm³/mol. The average molecular weight is 532 g/mol. The molecular weight excluding hydrogens is 514 g/mol. The number of primary amides is 1. The van der Waals surface area contributed by atoms with Crippen molar-refractivity contribution in [2.45, 2.75) is 4.87 Å². The zero-order valence-electron chi connectivity index (χ0n) is 16.9. The number of nitrogens with two attached hydrogens (primary N) is 1. The third-order valence-electron chi connectivity index (χ3n) is 5.09. The summed E-state index contributed by atoms with van der Waals surface area (Å²) in [6, 6.07) is 12.2.